The Morgan fingerprint density at radius 3 is 2.40 bits per heavy atom. The van der Waals surface area contributed by atoms with Crippen molar-refractivity contribution in [3.63, 3.8) is 0 Å². The number of fused-ring (bicyclic) bond motifs is 1. The van der Waals surface area contributed by atoms with Crippen LogP contribution < -0.4 is 11.1 Å². The van der Waals surface area contributed by atoms with E-state index >= 15 is 0 Å². The molecule has 1 saturated heterocycles. The van der Waals surface area contributed by atoms with Gasteiger partial charge in [0.15, 0.2) is 0 Å². The normalized spacial score (nSPS) is 17.8. The zero-order valence-electron chi connectivity index (χ0n) is 23.8. The summed E-state index contributed by atoms with van der Waals surface area (Å²) in [4.78, 5) is 56.9. The monoisotopic (exact) mass is 596 g/mol. The minimum absolute atomic E-state index is 0.218. The first-order chi connectivity index (χ1) is 20.7. The van der Waals surface area contributed by atoms with Crippen LogP contribution in [-0.2, 0) is 20.8 Å². The average Bonchev–Trinajstić information content (AvgIpc) is 3.14. The second-order valence-electron chi connectivity index (χ2n) is 10.7. The zero-order valence-corrected chi connectivity index (χ0v) is 24.5. The largest absolute Gasteiger partial charge is 0.368 e. The number of hydrogen-bond acceptors (Lipinski definition) is 4. The molecule has 3 unspecified atom stereocenters. The lowest BCUT2D eigenvalue weighted by Gasteiger charge is -2.36. The van der Waals surface area contributed by atoms with Crippen molar-refractivity contribution in [3.8, 4) is 0 Å². The van der Waals surface area contributed by atoms with Crippen molar-refractivity contribution < 1.29 is 19.2 Å². The topological polar surface area (TPSA) is 113 Å². The molecule has 1 heterocycles. The van der Waals surface area contributed by atoms with Crippen LogP contribution in [0.4, 0.5) is 0 Å². The zero-order chi connectivity index (χ0) is 30.5. The molecule has 8 nitrogen and oxygen atoms in total. The molecule has 0 radical (unpaired) electrons. The van der Waals surface area contributed by atoms with E-state index in [2.05, 4.69) is 5.32 Å². The minimum atomic E-state index is -1.08. The summed E-state index contributed by atoms with van der Waals surface area (Å²) in [6.07, 6.45) is 0.626. The lowest BCUT2D eigenvalue weighted by Crippen LogP contribution is -2.53. The smallest absolute Gasteiger partial charge is 0.251 e. The Bertz CT molecular complexity index is 1660. The number of carbonyl (C=O) groups is 4. The fraction of sp³-hybridized carbons (Fsp3) is 0.235. The summed E-state index contributed by atoms with van der Waals surface area (Å²) in [6, 6.07) is 26.6. The van der Waals surface area contributed by atoms with Crippen molar-refractivity contribution in [1.29, 1.82) is 0 Å². The van der Waals surface area contributed by atoms with Crippen molar-refractivity contribution in [3.05, 3.63) is 119 Å². The Hall–Kier alpha value is -4.69. The van der Waals surface area contributed by atoms with Gasteiger partial charge in [0, 0.05) is 29.6 Å². The third-order valence-electron chi connectivity index (χ3n) is 7.94. The van der Waals surface area contributed by atoms with Crippen LogP contribution in [0.15, 0.2) is 97.1 Å². The van der Waals surface area contributed by atoms with Gasteiger partial charge in [0.05, 0.1) is 6.54 Å². The highest BCUT2D eigenvalue weighted by atomic mass is 35.5. The van der Waals surface area contributed by atoms with Gasteiger partial charge in [-0.05, 0) is 59.5 Å². The maximum Gasteiger partial charge on any atom is 0.251 e. The summed E-state index contributed by atoms with van der Waals surface area (Å²) in [5.74, 6) is -1.89. The summed E-state index contributed by atoms with van der Waals surface area (Å²) in [6.45, 7) is 1.77. The van der Waals surface area contributed by atoms with Gasteiger partial charge in [0.1, 0.15) is 12.1 Å². The predicted octanol–water partition coefficient (Wildman–Crippen LogP) is 4.51. The van der Waals surface area contributed by atoms with Crippen molar-refractivity contribution in [1.82, 2.24) is 15.1 Å². The Labute approximate surface area is 255 Å². The molecule has 43 heavy (non-hydrogen) atoms. The van der Waals surface area contributed by atoms with Gasteiger partial charge >= 0.3 is 0 Å². The van der Waals surface area contributed by atoms with Crippen LogP contribution in [0, 0.1) is 0 Å². The van der Waals surface area contributed by atoms with Crippen LogP contribution in [-0.4, -0.2) is 58.6 Å². The fourth-order valence-electron chi connectivity index (χ4n) is 5.77. The van der Waals surface area contributed by atoms with Crippen LogP contribution in [0.25, 0.3) is 10.8 Å². The molecule has 0 aromatic heterocycles. The maximum atomic E-state index is 14.5. The molecule has 0 spiro atoms. The molecule has 3 N–H and O–H groups in total. The summed E-state index contributed by atoms with van der Waals surface area (Å²) in [5.41, 5.74) is 7.78. The SMILES string of the molecule is CC1CCN(C(Cc2cccc3ccccc23)C(N)=O)C(=O)C(c2cccc(Cl)c2)N1C(=O)CNC(=O)c1ccccc1. The number of halogens is 1. The number of amides is 4. The van der Waals surface area contributed by atoms with Crippen molar-refractivity contribution in [2.45, 2.75) is 37.9 Å². The highest BCUT2D eigenvalue weighted by Gasteiger charge is 2.43. The van der Waals surface area contributed by atoms with E-state index in [1.54, 1.807) is 54.6 Å². The van der Waals surface area contributed by atoms with E-state index in [9.17, 15) is 19.2 Å². The first kappa shape index (κ1) is 29.8. The van der Waals surface area contributed by atoms with E-state index in [1.165, 1.54) is 9.80 Å². The van der Waals surface area contributed by atoms with Gasteiger partial charge in [-0.3, -0.25) is 19.2 Å². The molecule has 220 valence electrons. The fourth-order valence-corrected chi connectivity index (χ4v) is 5.97. The minimum Gasteiger partial charge on any atom is -0.368 e. The Morgan fingerprint density at radius 1 is 0.953 bits per heavy atom. The molecule has 1 aliphatic heterocycles. The molecule has 4 amide bonds. The van der Waals surface area contributed by atoms with Crippen LogP contribution in [0.1, 0.15) is 40.9 Å². The highest BCUT2D eigenvalue weighted by Crippen LogP contribution is 2.33. The molecule has 3 atom stereocenters. The summed E-state index contributed by atoms with van der Waals surface area (Å²) < 4.78 is 0. The standard InChI is InChI=1S/C34H33ClN4O4/c1-22-17-18-38(29(32(36)41)20-25-13-7-12-23-9-5-6-16-28(23)25)34(43)31(26-14-8-15-27(35)19-26)39(22)30(40)21-37-33(42)24-10-3-2-4-11-24/h2-16,19,22,29,31H,17-18,20-21H2,1H3,(H2,36,41)(H,37,42). The van der Waals surface area contributed by atoms with Crippen LogP contribution in [0.3, 0.4) is 0 Å². The third kappa shape index (κ3) is 6.54. The highest BCUT2D eigenvalue weighted by molar-refractivity contribution is 6.30. The summed E-state index contributed by atoms with van der Waals surface area (Å²) in [5, 5.41) is 5.08. The molecular formula is C34H33ClN4O4. The molecule has 5 rings (SSSR count). The van der Waals surface area contributed by atoms with Crippen molar-refractivity contribution in [2.24, 2.45) is 5.73 Å². The van der Waals surface area contributed by atoms with Crippen LogP contribution in [0.2, 0.25) is 5.02 Å². The molecular weight excluding hydrogens is 564 g/mol. The Balaban J connectivity index is 1.48. The number of primary amides is 1. The number of nitrogens with two attached hydrogens (primary N) is 1. The van der Waals surface area contributed by atoms with E-state index in [4.69, 9.17) is 17.3 Å². The van der Waals surface area contributed by atoms with E-state index in [-0.39, 0.29) is 19.5 Å². The quantitative estimate of drug-likeness (QED) is 0.312. The van der Waals surface area contributed by atoms with Gasteiger partial charge in [-0.2, -0.15) is 0 Å². The molecule has 0 bridgehead atoms. The number of rotatable bonds is 8. The number of carbonyl (C=O) groups excluding carboxylic acids is 4. The van der Waals surface area contributed by atoms with Gasteiger partial charge in [0.25, 0.3) is 11.8 Å². The lowest BCUT2D eigenvalue weighted by molar-refractivity contribution is -0.148. The molecule has 4 aromatic carbocycles. The van der Waals surface area contributed by atoms with Crippen LogP contribution >= 0.6 is 11.6 Å². The predicted molar refractivity (Wildman–Crippen MR) is 166 cm³/mol. The van der Waals surface area contributed by atoms with E-state index in [1.807, 2.05) is 49.4 Å². The van der Waals surface area contributed by atoms with Crippen LogP contribution in [0.5, 0.6) is 0 Å². The number of benzene rings is 4. The first-order valence-electron chi connectivity index (χ1n) is 14.2. The molecule has 0 aliphatic carbocycles. The first-order valence-corrected chi connectivity index (χ1v) is 14.6. The molecule has 1 aliphatic rings. The van der Waals surface area contributed by atoms with Gasteiger partial charge in [-0.15, -0.1) is 0 Å². The molecule has 1 fully saturated rings. The van der Waals surface area contributed by atoms with Gasteiger partial charge in [-0.1, -0.05) is 84.4 Å². The molecule has 0 saturated carbocycles. The third-order valence-corrected chi connectivity index (χ3v) is 8.18. The van der Waals surface area contributed by atoms with Crippen molar-refractivity contribution in [2.75, 3.05) is 13.1 Å². The number of nitrogens with zero attached hydrogens (tertiary/aromatic N) is 2. The maximum absolute atomic E-state index is 14.5. The van der Waals surface area contributed by atoms with Gasteiger partial charge < -0.3 is 20.9 Å². The van der Waals surface area contributed by atoms with Gasteiger partial charge in [-0.25, -0.2) is 0 Å². The Kier molecular flexibility index (Phi) is 9.07. The summed E-state index contributed by atoms with van der Waals surface area (Å²) >= 11 is 6.34. The second-order valence-corrected chi connectivity index (χ2v) is 11.2. The Morgan fingerprint density at radius 2 is 1.65 bits per heavy atom. The van der Waals surface area contributed by atoms with E-state index in [0.717, 1.165) is 16.3 Å². The second kappa shape index (κ2) is 13.1. The number of nitrogens with one attached hydrogen (secondary N) is 1. The molecule has 9 heteroatoms. The van der Waals surface area contributed by atoms with E-state index in [0.29, 0.717) is 22.6 Å². The summed E-state index contributed by atoms with van der Waals surface area (Å²) in [7, 11) is 0. The average molecular weight is 597 g/mol. The van der Waals surface area contributed by atoms with E-state index < -0.39 is 41.8 Å². The molecule has 4 aromatic rings. The lowest BCUT2D eigenvalue weighted by atomic mass is 9.96. The van der Waals surface area contributed by atoms with Gasteiger partial charge in [0.2, 0.25) is 11.8 Å². The number of hydrogen-bond donors (Lipinski definition) is 2. The van der Waals surface area contributed by atoms with Crippen molar-refractivity contribution >= 4 is 46.0 Å².